The Morgan fingerprint density at radius 1 is 1.55 bits per heavy atom. The van der Waals surface area contributed by atoms with Crippen LogP contribution in [0.1, 0.15) is 29.2 Å². The fourth-order valence-electron chi connectivity index (χ4n) is 2.29. The van der Waals surface area contributed by atoms with E-state index in [2.05, 4.69) is 5.10 Å². The standard InChI is InChI=1S/C13H17FN4O2/c14-5-1-4-12(19)17-6-2-3-11(9-17)18-8-10(7-16-18)13(15)20/h1,4,7-8,11H,2-3,5-6,9H2,(H2,15,20)/b4-1+/t11-/m1/s1. The fourth-order valence-corrected chi connectivity index (χ4v) is 2.29. The lowest BCUT2D eigenvalue weighted by molar-refractivity contribution is -0.127. The number of hydrogen-bond acceptors (Lipinski definition) is 3. The van der Waals surface area contributed by atoms with E-state index in [-0.39, 0.29) is 11.9 Å². The minimum atomic E-state index is -0.649. The summed E-state index contributed by atoms with van der Waals surface area (Å²) in [6, 6.07) is 0.0135. The number of primary amides is 1. The topological polar surface area (TPSA) is 81.2 Å². The summed E-state index contributed by atoms with van der Waals surface area (Å²) in [5, 5.41) is 4.12. The third kappa shape index (κ3) is 3.23. The molecule has 0 aromatic carbocycles. The predicted molar refractivity (Wildman–Crippen MR) is 70.7 cm³/mol. The smallest absolute Gasteiger partial charge is 0.251 e. The molecule has 0 radical (unpaired) electrons. The number of piperidine rings is 1. The van der Waals surface area contributed by atoms with E-state index in [1.165, 1.54) is 18.3 Å². The van der Waals surface area contributed by atoms with E-state index in [0.717, 1.165) is 12.8 Å². The van der Waals surface area contributed by atoms with E-state index in [9.17, 15) is 14.0 Å². The number of amides is 2. The lowest BCUT2D eigenvalue weighted by Crippen LogP contribution is -2.40. The van der Waals surface area contributed by atoms with Crippen LogP contribution < -0.4 is 5.73 Å². The zero-order valence-electron chi connectivity index (χ0n) is 11.0. The van der Waals surface area contributed by atoms with Gasteiger partial charge in [-0.15, -0.1) is 0 Å². The van der Waals surface area contributed by atoms with Crippen molar-refractivity contribution in [3.05, 3.63) is 30.1 Å². The van der Waals surface area contributed by atoms with Gasteiger partial charge in [0.25, 0.3) is 5.91 Å². The Morgan fingerprint density at radius 3 is 3.00 bits per heavy atom. The molecule has 2 amide bonds. The molecule has 0 bridgehead atoms. The summed E-state index contributed by atoms with van der Waals surface area (Å²) in [5.74, 6) is -0.722. The molecule has 2 N–H and O–H groups in total. The first kappa shape index (κ1) is 14.2. The molecule has 1 saturated heterocycles. The maximum Gasteiger partial charge on any atom is 0.251 e. The fraction of sp³-hybridized carbons (Fsp3) is 0.462. The first-order chi connectivity index (χ1) is 9.61. The van der Waals surface area contributed by atoms with Gasteiger partial charge >= 0.3 is 0 Å². The van der Waals surface area contributed by atoms with Gasteiger partial charge in [0.1, 0.15) is 6.67 Å². The van der Waals surface area contributed by atoms with Gasteiger partial charge < -0.3 is 10.6 Å². The maximum absolute atomic E-state index is 12.0. The number of alkyl halides is 1. The van der Waals surface area contributed by atoms with E-state index >= 15 is 0 Å². The van der Waals surface area contributed by atoms with Crippen LogP contribution in [0.4, 0.5) is 4.39 Å². The first-order valence-electron chi connectivity index (χ1n) is 6.47. The molecule has 7 heteroatoms. The number of hydrogen-bond donors (Lipinski definition) is 1. The Kier molecular flexibility index (Phi) is 4.49. The Labute approximate surface area is 116 Å². The average molecular weight is 280 g/mol. The number of halogens is 1. The van der Waals surface area contributed by atoms with Crippen LogP contribution in [0.25, 0.3) is 0 Å². The minimum Gasteiger partial charge on any atom is -0.366 e. The van der Waals surface area contributed by atoms with E-state index in [0.29, 0.717) is 18.7 Å². The second kappa shape index (κ2) is 6.31. The summed E-state index contributed by atoms with van der Waals surface area (Å²) < 4.78 is 13.7. The number of aromatic nitrogens is 2. The van der Waals surface area contributed by atoms with Crippen molar-refractivity contribution in [1.29, 1.82) is 0 Å². The molecule has 1 aliphatic heterocycles. The van der Waals surface area contributed by atoms with Crippen molar-refractivity contribution in [3.63, 3.8) is 0 Å². The Morgan fingerprint density at radius 2 is 2.35 bits per heavy atom. The zero-order chi connectivity index (χ0) is 14.5. The molecule has 1 fully saturated rings. The van der Waals surface area contributed by atoms with Crippen molar-refractivity contribution in [2.45, 2.75) is 18.9 Å². The second-order valence-corrected chi connectivity index (χ2v) is 4.71. The highest BCUT2D eigenvalue weighted by atomic mass is 19.1. The third-order valence-corrected chi connectivity index (χ3v) is 3.32. The SMILES string of the molecule is NC(=O)c1cnn([C@@H]2CCCN(C(=O)/C=C/CF)C2)c1. The van der Waals surface area contributed by atoms with E-state index in [1.807, 2.05) is 0 Å². The Hall–Kier alpha value is -2.18. The average Bonchev–Trinajstić information content (AvgIpc) is 2.95. The molecule has 0 spiro atoms. The Balaban J connectivity index is 2.04. The van der Waals surface area contributed by atoms with Gasteiger partial charge in [0.2, 0.25) is 5.91 Å². The highest BCUT2D eigenvalue weighted by Crippen LogP contribution is 2.21. The van der Waals surface area contributed by atoms with Crippen LogP contribution in [0.15, 0.2) is 24.5 Å². The van der Waals surface area contributed by atoms with Crippen molar-refractivity contribution in [2.75, 3.05) is 19.8 Å². The molecule has 1 aromatic heterocycles. The van der Waals surface area contributed by atoms with Crippen LogP contribution in [0, 0.1) is 0 Å². The molecule has 1 aliphatic rings. The molecular formula is C13H17FN4O2. The molecule has 2 rings (SSSR count). The summed E-state index contributed by atoms with van der Waals surface area (Å²) in [4.78, 5) is 24.5. The van der Waals surface area contributed by atoms with E-state index < -0.39 is 12.6 Å². The summed E-state index contributed by atoms with van der Waals surface area (Å²) in [5.41, 5.74) is 5.54. The van der Waals surface area contributed by atoms with Gasteiger partial charge in [0.05, 0.1) is 17.8 Å². The van der Waals surface area contributed by atoms with Crippen molar-refractivity contribution < 1.29 is 14.0 Å². The lowest BCUT2D eigenvalue weighted by Gasteiger charge is -2.32. The van der Waals surface area contributed by atoms with Crippen LogP contribution >= 0.6 is 0 Å². The molecule has 0 unspecified atom stereocenters. The molecule has 2 heterocycles. The van der Waals surface area contributed by atoms with Crippen LogP contribution in [0.2, 0.25) is 0 Å². The van der Waals surface area contributed by atoms with Crippen LogP contribution in [-0.2, 0) is 4.79 Å². The molecule has 108 valence electrons. The molecular weight excluding hydrogens is 263 g/mol. The van der Waals surface area contributed by atoms with Gasteiger partial charge in [-0.25, -0.2) is 4.39 Å². The van der Waals surface area contributed by atoms with Gasteiger partial charge in [0, 0.05) is 25.4 Å². The normalized spacial score (nSPS) is 19.4. The molecule has 20 heavy (non-hydrogen) atoms. The zero-order valence-corrected chi connectivity index (χ0v) is 11.0. The summed E-state index contributed by atoms with van der Waals surface area (Å²) in [6.45, 7) is 0.495. The first-order valence-corrected chi connectivity index (χ1v) is 6.47. The predicted octanol–water partition coefficient (Wildman–Crippen LogP) is 0.671. The van der Waals surface area contributed by atoms with E-state index in [1.54, 1.807) is 15.8 Å². The number of nitrogens with zero attached hydrogens (tertiary/aromatic N) is 3. The van der Waals surface area contributed by atoms with Crippen molar-refractivity contribution >= 4 is 11.8 Å². The number of nitrogens with two attached hydrogens (primary N) is 1. The number of carbonyl (C=O) groups is 2. The summed E-state index contributed by atoms with van der Waals surface area (Å²) in [6.07, 6.45) is 7.18. The van der Waals surface area contributed by atoms with Crippen molar-refractivity contribution in [2.24, 2.45) is 5.73 Å². The largest absolute Gasteiger partial charge is 0.366 e. The monoisotopic (exact) mass is 280 g/mol. The van der Waals surface area contributed by atoms with Crippen LogP contribution in [-0.4, -0.2) is 46.3 Å². The third-order valence-electron chi connectivity index (χ3n) is 3.32. The minimum absolute atomic E-state index is 0.0135. The number of carbonyl (C=O) groups excluding carboxylic acids is 2. The van der Waals surface area contributed by atoms with Gasteiger partial charge in [-0.05, 0) is 18.9 Å². The maximum atomic E-state index is 12.0. The van der Waals surface area contributed by atoms with Gasteiger partial charge in [-0.1, -0.05) is 0 Å². The van der Waals surface area contributed by atoms with Crippen LogP contribution in [0.5, 0.6) is 0 Å². The van der Waals surface area contributed by atoms with Gasteiger partial charge in [-0.2, -0.15) is 5.10 Å². The number of allylic oxidation sites excluding steroid dienone is 1. The molecule has 1 atom stereocenters. The quantitative estimate of drug-likeness (QED) is 0.823. The van der Waals surface area contributed by atoms with Gasteiger partial charge in [0.15, 0.2) is 0 Å². The van der Waals surface area contributed by atoms with Crippen molar-refractivity contribution in [1.82, 2.24) is 14.7 Å². The van der Waals surface area contributed by atoms with E-state index in [4.69, 9.17) is 5.73 Å². The highest BCUT2D eigenvalue weighted by Gasteiger charge is 2.24. The number of likely N-dealkylation sites (tertiary alicyclic amines) is 1. The van der Waals surface area contributed by atoms with Crippen LogP contribution in [0.3, 0.4) is 0 Å². The molecule has 6 nitrogen and oxygen atoms in total. The Bertz CT molecular complexity index is 526. The molecule has 0 saturated carbocycles. The lowest BCUT2D eigenvalue weighted by atomic mass is 10.1. The second-order valence-electron chi connectivity index (χ2n) is 4.71. The number of rotatable bonds is 4. The van der Waals surface area contributed by atoms with Crippen molar-refractivity contribution in [3.8, 4) is 0 Å². The highest BCUT2D eigenvalue weighted by molar-refractivity contribution is 5.92. The molecule has 1 aromatic rings. The molecule has 0 aliphatic carbocycles. The summed E-state index contributed by atoms with van der Waals surface area (Å²) >= 11 is 0. The van der Waals surface area contributed by atoms with Gasteiger partial charge in [-0.3, -0.25) is 14.3 Å². The summed E-state index contributed by atoms with van der Waals surface area (Å²) in [7, 11) is 0.